The summed E-state index contributed by atoms with van der Waals surface area (Å²) in [4.78, 5) is 2.21. The Kier molecular flexibility index (Phi) is 15.0. The second kappa shape index (κ2) is 12.3. The van der Waals surface area contributed by atoms with E-state index in [1.54, 1.807) is 0 Å². The molecule has 0 fully saturated rings. The Labute approximate surface area is 130 Å². The van der Waals surface area contributed by atoms with Crippen LogP contribution in [0.4, 0.5) is 0 Å². The van der Waals surface area contributed by atoms with Gasteiger partial charge in [-0.05, 0) is 20.5 Å². The van der Waals surface area contributed by atoms with Crippen LogP contribution in [0.15, 0.2) is 0 Å². The second-order valence-electron chi connectivity index (χ2n) is 4.77. The molecule has 0 spiro atoms. The third-order valence-electron chi connectivity index (χ3n) is 2.86. The zero-order valence-corrected chi connectivity index (χ0v) is 16.0. The molecule has 0 aliphatic carbocycles. The van der Waals surface area contributed by atoms with E-state index in [0.29, 0.717) is 0 Å². The lowest BCUT2D eigenvalue weighted by Gasteiger charge is -2.32. The van der Waals surface area contributed by atoms with E-state index in [4.69, 9.17) is 0 Å². The number of likely N-dealkylation sites (N-methyl/N-ethyl adjacent to an activating group) is 2. The summed E-state index contributed by atoms with van der Waals surface area (Å²) in [5.41, 5.74) is 0. The molecule has 0 aromatic carbocycles. The molecule has 17 heavy (non-hydrogen) atoms. The van der Waals surface area contributed by atoms with Crippen LogP contribution < -0.4 is 5.32 Å². The van der Waals surface area contributed by atoms with E-state index in [1.807, 2.05) is 7.05 Å². The SMILES string of the molecule is CCN(CNC)CC(O)C[N+](C)(C)CC.II. The Hall–Kier alpha value is 1.30. The van der Waals surface area contributed by atoms with Crippen LogP contribution in [0.25, 0.3) is 0 Å². The van der Waals surface area contributed by atoms with Crippen molar-refractivity contribution < 1.29 is 9.59 Å². The van der Waals surface area contributed by atoms with E-state index < -0.39 is 0 Å². The lowest BCUT2D eigenvalue weighted by molar-refractivity contribution is -0.891. The van der Waals surface area contributed by atoms with Gasteiger partial charge in [-0.3, -0.25) is 4.90 Å². The Morgan fingerprint density at radius 2 is 1.82 bits per heavy atom. The van der Waals surface area contributed by atoms with Crippen molar-refractivity contribution in [2.45, 2.75) is 20.0 Å². The van der Waals surface area contributed by atoms with Gasteiger partial charge < -0.3 is 14.9 Å². The molecular weight excluding hydrogens is 444 g/mol. The first-order chi connectivity index (χ1) is 7.95. The van der Waals surface area contributed by atoms with Crippen molar-refractivity contribution in [1.29, 1.82) is 0 Å². The topological polar surface area (TPSA) is 35.5 Å². The van der Waals surface area contributed by atoms with Gasteiger partial charge in [0.2, 0.25) is 0 Å². The highest BCUT2D eigenvalue weighted by molar-refractivity contribution is 15.0. The summed E-state index contributed by atoms with van der Waals surface area (Å²) in [6.07, 6.45) is -0.242. The van der Waals surface area contributed by atoms with Gasteiger partial charge in [0.15, 0.2) is 0 Å². The molecule has 0 radical (unpaired) electrons. The van der Waals surface area contributed by atoms with Crippen LogP contribution in [0.2, 0.25) is 0 Å². The number of halogens is 2. The van der Waals surface area contributed by atoms with Crippen molar-refractivity contribution in [2.24, 2.45) is 0 Å². The predicted molar refractivity (Wildman–Crippen MR) is 92.7 cm³/mol. The molecule has 0 bridgehead atoms. The molecule has 0 amide bonds. The number of nitrogens with one attached hydrogen (secondary N) is 1. The fourth-order valence-corrected chi connectivity index (χ4v) is 1.58. The Balaban J connectivity index is 0. The molecule has 0 aliphatic heterocycles. The molecule has 0 heterocycles. The van der Waals surface area contributed by atoms with Crippen LogP contribution in [0, 0.1) is 0 Å². The van der Waals surface area contributed by atoms with Crippen LogP contribution in [0.3, 0.4) is 0 Å². The fourth-order valence-electron chi connectivity index (χ4n) is 1.58. The highest BCUT2D eigenvalue weighted by Crippen LogP contribution is 2.01. The lowest BCUT2D eigenvalue weighted by atomic mass is 10.2. The van der Waals surface area contributed by atoms with Gasteiger partial charge in [0.25, 0.3) is 0 Å². The summed E-state index contributed by atoms with van der Waals surface area (Å²) in [6, 6.07) is 0. The molecule has 0 aromatic heterocycles. The molecule has 106 valence electrons. The summed E-state index contributed by atoms with van der Waals surface area (Å²) < 4.78 is 0.873. The van der Waals surface area contributed by atoms with Gasteiger partial charge in [-0.2, -0.15) is 0 Å². The highest BCUT2D eigenvalue weighted by Gasteiger charge is 2.19. The van der Waals surface area contributed by atoms with Crippen molar-refractivity contribution in [1.82, 2.24) is 10.2 Å². The first-order valence-corrected chi connectivity index (χ1v) is 12.2. The normalized spacial score (nSPS) is 13.2. The molecule has 0 saturated heterocycles. The van der Waals surface area contributed by atoms with E-state index in [-0.39, 0.29) is 6.10 Å². The zero-order chi connectivity index (χ0) is 13.9. The van der Waals surface area contributed by atoms with Crippen molar-refractivity contribution in [2.75, 3.05) is 54.0 Å². The average molecular weight is 472 g/mol. The van der Waals surface area contributed by atoms with E-state index >= 15 is 0 Å². The van der Waals surface area contributed by atoms with Gasteiger partial charge in [0, 0.05) is 50.4 Å². The van der Waals surface area contributed by atoms with Crippen molar-refractivity contribution in [3.63, 3.8) is 0 Å². The predicted octanol–water partition coefficient (Wildman–Crippen LogP) is 1.71. The molecule has 0 rings (SSSR count). The van der Waals surface area contributed by atoms with Crippen LogP contribution in [0.5, 0.6) is 0 Å². The largest absolute Gasteiger partial charge is 0.386 e. The first-order valence-electron chi connectivity index (χ1n) is 5.96. The van der Waals surface area contributed by atoms with Gasteiger partial charge in [-0.25, -0.2) is 0 Å². The van der Waals surface area contributed by atoms with Gasteiger partial charge in [0.05, 0.1) is 20.6 Å². The maximum absolute atomic E-state index is 9.96. The minimum absolute atomic E-state index is 0.242. The number of hydrogen-bond acceptors (Lipinski definition) is 3. The highest BCUT2D eigenvalue weighted by atomic mass is 128. The Morgan fingerprint density at radius 1 is 1.29 bits per heavy atom. The van der Waals surface area contributed by atoms with Crippen LogP contribution in [-0.2, 0) is 0 Å². The van der Waals surface area contributed by atoms with Crippen molar-refractivity contribution in [3.05, 3.63) is 0 Å². The summed E-state index contributed by atoms with van der Waals surface area (Å²) in [6.45, 7) is 8.69. The lowest BCUT2D eigenvalue weighted by Crippen LogP contribution is -2.49. The molecule has 4 nitrogen and oxygen atoms in total. The number of hydrogen-bond donors (Lipinski definition) is 2. The van der Waals surface area contributed by atoms with Crippen molar-refractivity contribution >= 4 is 37.2 Å². The number of nitrogens with zero attached hydrogens (tertiary/aromatic N) is 2. The third-order valence-corrected chi connectivity index (χ3v) is 2.86. The Morgan fingerprint density at radius 3 is 2.18 bits per heavy atom. The summed E-state index contributed by atoms with van der Waals surface area (Å²) in [7, 11) is 6.23. The van der Waals surface area contributed by atoms with Gasteiger partial charge in [-0.1, -0.05) is 6.92 Å². The maximum Gasteiger partial charge on any atom is 0.116 e. The summed E-state index contributed by atoms with van der Waals surface area (Å²) in [5, 5.41) is 13.1. The third kappa shape index (κ3) is 12.1. The minimum Gasteiger partial charge on any atom is -0.386 e. The van der Waals surface area contributed by atoms with Gasteiger partial charge in [-0.15, -0.1) is 0 Å². The fraction of sp³-hybridized carbons (Fsp3) is 1.00. The second-order valence-corrected chi connectivity index (χ2v) is 4.77. The van der Waals surface area contributed by atoms with Crippen LogP contribution in [-0.4, -0.2) is 74.6 Å². The molecule has 0 aliphatic rings. The van der Waals surface area contributed by atoms with Gasteiger partial charge >= 0.3 is 0 Å². The Bertz CT molecular complexity index is 171. The smallest absolute Gasteiger partial charge is 0.116 e. The molecular formula is C11H28I2N3O+. The van der Waals surface area contributed by atoms with E-state index in [1.165, 1.54) is 0 Å². The van der Waals surface area contributed by atoms with E-state index in [9.17, 15) is 5.11 Å². The van der Waals surface area contributed by atoms with Crippen LogP contribution in [0.1, 0.15) is 13.8 Å². The van der Waals surface area contributed by atoms with Crippen LogP contribution >= 0.6 is 37.2 Å². The summed E-state index contributed by atoms with van der Waals surface area (Å²) >= 11 is 4.24. The quantitative estimate of drug-likeness (QED) is 0.321. The van der Waals surface area contributed by atoms with E-state index in [0.717, 1.165) is 37.3 Å². The number of aliphatic hydroxyl groups is 1. The molecule has 2 N–H and O–H groups in total. The van der Waals surface area contributed by atoms with Crippen molar-refractivity contribution in [3.8, 4) is 0 Å². The standard InChI is InChI=1S/C11H28N3O.I2/c1-6-13(10-12-3)8-11(15)9-14(4,5)7-2;1-2/h11-12,15H,6-10H2,1-5H3;/q+1;. The maximum atomic E-state index is 9.96. The molecule has 0 aromatic rings. The minimum atomic E-state index is -0.242. The van der Waals surface area contributed by atoms with Gasteiger partial charge in [0.1, 0.15) is 12.6 Å². The molecule has 1 unspecified atom stereocenters. The monoisotopic (exact) mass is 472 g/mol. The summed E-state index contributed by atoms with van der Waals surface area (Å²) in [5.74, 6) is 0. The average Bonchev–Trinajstić information content (AvgIpc) is 2.30. The molecule has 0 saturated carbocycles. The number of rotatable bonds is 8. The number of aliphatic hydroxyl groups excluding tert-OH is 1. The zero-order valence-electron chi connectivity index (χ0n) is 11.7. The number of quaternary nitrogens is 1. The van der Waals surface area contributed by atoms with E-state index in [2.05, 4.69) is 75.4 Å². The molecule has 1 atom stereocenters. The molecule has 6 heteroatoms. The first kappa shape index (κ1) is 20.6.